The Bertz CT molecular complexity index is 512. The molecule has 1 atom stereocenters. The molecule has 1 unspecified atom stereocenters. The molecule has 84 valence electrons. The van der Waals surface area contributed by atoms with Crippen LogP contribution in [0.25, 0.3) is 0 Å². The number of benzene rings is 1. The average Bonchev–Trinajstić information content (AvgIpc) is 2.67. The number of thiophene rings is 1. The van der Waals surface area contributed by atoms with Crippen LogP contribution in [-0.2, 0) is 0 Å². The number of halogens is 3. The van der Waals surface area contributed by atoms with E-state index in [1.807, 2.05) is 11.4 Å². The van der Waals surface area contributed by atoms with Crippen LogP contribution in [0, 0.1) is 2.88 Å². The predicted octanol–water partition coefficient (Wildman–Crippen LogP) is 4.74. The fourth-order valence-electron chi connectivity index (χ4n) is 1.37. The highest BCUT2D eigenvalue weighted by Crippen LogP contribution is 2.32. The van der Waals surface area contributed by atoms with E-state index in [2.05, 4.69) is 22.6 Å². The van der Waals surface area contributed by atoms with E-state index in [0.717, 1.165) is 8.45 Å². The lowest BCUT2D eigenvalue weighted by Gasteiger charge is -2.11. The molecule has 16 heavy (non-hydrogen) atoms. The summed E-state index contributed by atoms with van der Waals surface area (Å²) in [5.41, 5.74) is 1.49. The Balaban J connectivity index is 2.40. The maximum absolute atomic E-state index is 10.2. The summed E-state index contributed by atoms with van der Waals surface area (Å²) in [4.78, 5) is 0. The smallest absolute Gasteiger partial charge is 0.106 e. The summed E-state index contributed by atoms with van der Waals surface area (Å²) in [5, 5.41) is 13.2. The molecule has 2 rings (SSSR count). The number of aliphatic hydroxyl groups excluding tert-OH is 1. The fraction of sp³-hybridized carbons (Fsp3) is 0.0909. The minimum Gasteiger partial charge on any atom is -0.384 e. The molecule has 0 radical (unpaired) electrons. The van der Waals surface area contributed by atoms with Crippen LogP contribution in [0.15, 0.2) is 29.6 Å². The third-order valence-corrected chi connectivity index (χ3v) is 4.54. The Hall–Kier alpha value is 0.190. The van der Waals surface area contributed by atoms with Gasteiger partial charge in [0.2, 0.25) is 0 Å². The van der Waals surface area contributed by atoms with Crippen molar-refractivity contribution >= 4 is 57.1 Å². The maximum Gasteiger partial charge on any atom is 0.106 e. The van der Waals surface area contributed by atoms with Gasteiger partial charge in [-0.3, -0.25) is 0 Å². The van der Waals surface area contributed by atoms with E-state index in [9.17, 15) is 5.11 Å². The van der Waals surface area contributed by atoms with Gasteiger partial charge in [-0.25, -0.2) is 0 Å². The van der Waals surface area contributed by atoms with Crippen molar-refractivity contribution in [1.82, 2.24) is 0 Å². The monoisotopic (exact) mass is 384 g/mol. The van der Waals surface area contributed by atoms with E-state index in [4.69, 9.17) is 23.2 Å². The molecule has 0 aliphatic rings. The van der Waals surface area contributed by atoms with Crippen LogP contribution >= 0.6 is 57.1 Å². The van der Waals surface area contributed by atoms with Crippen LogP contribution in [0.3, 0.4) is 0 Å². The molecular formula is C11H7Cl2IOS. The lowest BCUT2D eigenvalue weighted by Crippen LogP contribution is -1.98. The van der Waals surface area contributed by atoms with Crippen LogP contribution in [0.5, 0.6) is 0 Å². The highest BCUT2D eigenvalue weighted by Gasteiger charge is 2.15. The molecule has 1 nitrogen and oxygen atoms in total. The molecule has 1 aromatic carbocycles. The minimum absolute atomic E-state index is 0.526. The molecular weight excluding hydrogens is 378 g/mol. The summed E-state index contributed by atoms with van der Waals surface area (Å²) in [6.45, 7) is 0. The topological polar surface area (TPSA) is 20.2 Å². The summed E-state index contributed by atoms with van der Waals surface area (Å²) >= 11 is 15.7. The molecule has 0 amide bonds. The molecule has 0 aliphatic heterocycles. The molecule has 0 saturated heterocycles. The van der Waals surface area contributed by atoms with Crippen molar-refractivity contribution in [3.05, 3.63) is 53.7 Å². The Morgan fingerprint density at radius 2 is 2.00 bits per heavy atom. The molecule has 1 aromatic heterocycles. The van der Waals surface area contributed by atoms with Crippen LogP contribution in [0.2, 0.25) is 10.0 Å². The van der Waals surface area contributed by atoms with Crippen molar-refractivity contribution in [3.63, 3.8) is 0 Å². The molecule has 1 heterocycles. The zero-order valence-corrected chi connectivity index (χ0v) is 12.4. The first-order chi connectivity index (χ1) is 7.58. The number of hydrogen-bond donors (Lipinski definition) is 1. The van der Waals surface area contributed by atoms with E-state index < -0.39 is 6.10 Å². The molecule has 1 N–H and O–H groups in total. The van der Waals surface area contributed by atoms with Gasteiger partial charge >= 0.3 is 0 Å². The van der Waals surface area contributed by atoms with Crippen molar-refractivity contribution in [2.45, 2.75) is 6.10 Å². The van der Waals surface area contributed by atoms with Gasteiger partial charge in [0.15, 0.2) is 0 Å². The highest BCUT2D eigenvalue weighted by molar-refractivity contribution is 14.1. The van der Waals surface area contributed by atoms with Gasteiger partial charge in [0.1, 0.15) is 6.10 Å². The standard InChI is InChI=1S/C11H7Cl2IOS/c12-7-1-2-9(13)8(4-7)11(15)6-3-10(14)16-5-6/h1-5,11,15H. The van der Waals surface area contributed by atoms with Gasteiger partial charge in [-0.2, -0.15) is 0 Å². The van der Waals surface area contributed by atoms with Gasteiger partial charge in [-0.05, 0) is 57.8 Å². The third-order valence-electron chi connectivity index (χ3n) is 2.16. The molecule has 0 saturated carbocycles. The molecule has 0 spiro atoms. The SMILES string of the molecule is OC(c1csc(I)c1)c1cc(Cl)ccc1Cl. The molecule has 0 bridgehead atoms. The quantitative estimate of drug-likeness (QED) is 0.741. The number of hydrogen-bond acceptors (Lipinski definition) is 2. The Morgan fingerprint density at radius 3 is 2.62 bits per heavy atom. The molecule has 0 aliphatic carbocycles. The summed E-state index contributed by atoms with van der Waals surface area (Å²) in [6, 6.07) is 7.03. The van der Waals surface area contributed by atoms with Gasteiger partial charge < -0.3 is 5.11 Å². The Labute approximate surface area is 121 Å². The van der Waals surface area contributed by atoms with Crippen molar-refractivity contribution < 1.29 is 5.11 Å². The normalized spacial score (nSPS) is 12.8. The second-order valence-corrected chi connectivity index (χ2v) is 6.90. The van der Waals surface area contributed by atoms with Crippen LogP contribution in [0.4, 0.5) is 0 Å². The second kappa shape index (κ2) is 5.23. The van der Waals surface area contributed by atoms with Crippen molar-refractivity contribution in [2.24, 2.45) is 0 Å². The van der Waals surface area contributed by atoms with Crippen molar-refractivity contribution in [1.29, 1.82) is 0 Å². The zero-order chi connectivity index (χ0) is 11.7. The maximum atomic E-state index is 10.2. The summed E-state index contributed by atoms with van der Waals surface area (Å²) in [5.74, 6) is 0. The lowest BCUT2D eigenvalue weighted by molar-refractivity contribution is 0.221. The average molecular weight is 385 g/mol. The van der Waals surface area contributed by atoms with Crippen LogP contribution in [-0.4, -0.2) is 5.11 Å². The third kappa shape index (κ3) is 2.71. The largest absolute Gasteiger partial charge is 0.384 e. The first-order valence-corrected chi connectivity index (χ1v) is 7.16. The minimum atomic E-state index is -0.717. The molecule has 5 heteroatoms. The van der Waals surface area contributed by atoms with E-state index in [1.165, 1.54) is 0 Å². The predicted molar refractivity (Wildman–Crippen MR) is 77.6 cm³/mol. The van der Waals surface area contributed by atoms with E-state index in [0.29, 0.717) is 15.6 Å². The molecule has 2 aromatic rings. The molecule has 0 fully saturated rings. The lowest BCUT2D eigenvalue weighted by atomic mass is 10.0. The zero-order valence-electron chi connectivity index (χ0n) is 7.95. The fourth-order valence-corrected chi connectivity index (χ4v) is 3.16. The van der Waals surface area contributed by atoms with Gasteiger partial charge in [0.25, 0.3) is 0 Å². The first-order valence-electron chi connectivity index (χ1n) is 4.45. The van der Waals surface area contributed by atoms with Crippen molar-refractivity contribution in [3.8, 4) is 0 Å². The second-order valence-electron chi connectivity index (χ2n) is 3.25. The Kier molecular flexibility index (Phi) is 4.13. The number of aliphatic hydroxyl groups is 1. The number of rotatable bonds is 2. The van der Waals surface area contributed by atoms with Crippen molar-refractivity contribution in [2.75, 3.05) is 0 Å². The summed E-state index contributed by atoms with van der Waals surface area (Å²) < 4.78 is 1.13. The summed E-state index contributed by atoms with van der Waals surface area (Å²) in [6.07, 6.45) is -0.717. The van der Waals surface area contributed by atoms with E-state index in [-0.39, 0.29) is 0 Å². The van der Waals surface area contributed by atoms with Gasteiger partial charge in [-0.15, -0.1) is 11.3 Å². The highest BCUT2D eigenvalue weighted by atomic mass is 127. The van der Waals surface area contributed by atoms with E-state index in [1.54, 1.807) is 29.5 Å². The van der Waals surface area contributed by atoms with Gasteiger partial charge in [-0.1, -0.05) is 23.2 Å². The summed E-state index contributed by atoms with van der Waals surface area (Å²) in [7, 11) is 0. The Morgan fingerprint density at radius 1 is 1.25 bits per heavy atom. The van der Waals surface area contributed by atoms with Gasteiger partial charge in [0, 0.05) is 15.6 Å². The van der Waals surface area contributed by atoms with Gasteiger partial charge in [0.05, 0.1) is 2.88 Å². The van der Waals surface area contributed by atoms with E-state index >= 15 is 0 Å². The first kappa shape index (κ1) is 12.6. The van der Waals surface area contributed by atoms with Crippen LogP contribution < -0.4 is 0 Å². The van der Waals surface area contributed by atoms with Crippen LogP contribution in [0.1, 0.15) is 17.2 Å².